The molecule has 0 atom stereocenters. The van der Waals surface area contributed by atoms with E-state index in [-0.39, 0.29) is 10.8 Å². The second-order valence-electron chi connectivity index (χ2n) is 6.90. The minimum Gasteiger partial charge on any atom is -0.352 e. The van der Waals surface area contributed by atoms with E-state index in [1.54, 1.807) is 23.5 Å². The van der Waals surface area contributed by atoms with E-state index in [0.29, 0.717) is 31.0 Å². The summed E-state index contributed by atoms with van der Waals surface area (Å²) in [5.41, 5.74) is 1.30. The van der Waals surface area contributed by atoms with Crippen LogP contribution >= 0.6 is 11.3 Å². The van der Waals surface area contributed by atoms with Crippen LogP contribution in [0.2, 0.25) is 0 Å². The zero-order valence-corrected chi connectivity index (χ0v) is 16.9. The fraction of sp³-hybridized carbons (Fsp3) is 0.300. The van der Waals surface area contributed by atoms with Crippen LogP contribution in [0, 0.1) is 5.92 Å². The maximum absolute atomic E-state index is 12.4. The van der Waals surface area contributed by atoms with Gasteiger partial charge in [-0.15, -0.1) is 11.3 Å². The average molecular weight is 416 g/mol. The van der Waals surface area contributed by atoms with Crippen molar-refractivity contribution in [2.75, 3.05) is 13.1 Å². The van der Waals surface area contributed by atoms with Crippen molar-refractivity contribution in [2.24, 2.45) is 5.92 Å². The van der Waals surface area contributed by atoms with Gasteiger partial charge in [0.15, 0.2) is 0 Å². The van der Waals surface area contributed by atoms with Crippen LogP contribution in [0.15, 0.2) is 53.4 Å². The van der Waals surface area contributed by atoms with Gasteiger partial charge in [-0.25, -0.2) is 18.1 Å². The van der Waals surface area contributed by atoms with E-state index in [4.69, 9.17) is 0 Å². The second-order valence-corrected chi connectivity index (χ2v) is 9.79. The number of para-hydroxylation sites is 1. The molecule has 0 radical (unpaired) electrons. The molecule has 1 aromatic heterocycles. The predicted molar refractivity (Wildman–Crippen MR) is 110 cm³/mol. The van der Waals surface area contributed by atoms with Gasteiger partial charge >= 0.3 is 0 Å². The monoisotopic (exact) mass is 415 g/mol. The molecule has 1 amide bonds. The fourth-order valence-corrected chi connectivity index (χ4v) is 4.98. The minimum atomic E-state index is -3.59. The Hall–Kier alpha value is -2.29. The third-order valence-corrected chi connectivity index (χ3v) is 7.15. The van der Waals surface area contributed by atoms with Crippen LogP contribution in [-0.2, 0) is 16.4 Å². The lowest BCUT2D eigenvalue weighted by atomic mass is 10.2. The van der Waals surface area contributed by atoms with Crippen LogP contribution in [0.5, 0.6) is 0 Å². The smallest absolute Gasteiger partial charge is 0.251 e. The number of thiazole rings is 1. The van der Waals surface area contributed by atoms with Gasteiger partial charge in [0, 0.05) is 25.1 Å². The molecule has 6 nitrogen and oxygen atoms in total. The van der Waals surface area contributed by atoms with E-state index in [2.05, 4.69) is 15.0 Å². The molecular weight excluding hydrogens is 394 g/mol. The third-order valence-electron chi connectivity index (χ3n) is 4.63. The molecule has 2 N–H and O–H groups in total. The maximum Gasteiger partial charge on any atom is 0.251 e. The summed E-state index contributed by atoms with van der Waals surface area (Å²) in [6, 6.07) is 14.1. The number of hydrogen-bond acceptors (Lipinski definition) is 5. The summed E-state index contributed by atoms with van der Waals surface area (Å²) in [7, 11) is -3.59. The number of benzene rings is 2. The van der Waals surface area contributed by atoms with E-state index >= 15 is 0 Å². The number of carbonyl (C=O) groups excluding carboxylic acids is 1. The van der Waals surface area contributed by atoms with Gasteiger partial charge in [-0.3, -0.25) is 4.79 Å². The summed E-state index contributed by atoms with van der Waals surface area (Å²) in [6.07, 6.45) is 2.77. The van der Waals surface area contributed by atoms with Gasteiger partial charge < -0.3 is 5.32 Å². The molecule has 0 bridgehead atoms. The van der Waals surface area contributed by atoms with Gasteiger partial charge in [0.1, 0.15) is 0 Å². The minimum absolute atomic E-state index is 0.118. The molecule has 3 aromatic rings. The van der Waals surface area contributed by atoms with E-state index in [1.165, 1.54) is 12.1 Å². The molecular formula is C20H21N3O3S2. The zero-order valence-electron chi connectivity index (χ0n) is 15.2. The first-order valence-corrected chi connectivity index (χ1v) is 11.5. The van der Waals surface area contributed by atoms with Crippen LogP contribution in [0.3, 0.4) is 0 Å². The van der Waals surface area contributed by atoms with E-state index < -0.39 is 10.0 Å². The Morgan fingerprint density at radius 3 is 2.75 bits per heavy atom. The van der Waals surface area contributed by atoms with Crippen molar-refractivity contribution < 1.29 is 13.2 Å². The third kappa shape index (κ3) is 4.57. The normalized spacial score (nSPS) is 14.3. The highest BCUT2D eigenvalue weighted by atomic mass is 32.2. The average Bonchev–Trinajstić information content (AvgIpc) is 3.44. The number of nitrogens with one attached hydrogen (secondary N) is 2. The SMILES string of the molecule is O=C(NCCc1nc2ccccc2s1)c1cccc(S(=O)(=O)NCC2CC2)c1. The second kappa shape index (κ2) is 7.98. The largest absolute Gasteiger partial charge is 0.352 e. The molecule has 28 heavy (non-hydrogen) atoms. The molecule has 1 fully saturated rings. The highest BCUT2D eigenvalue weighted by Gasteiger charge is 2.24. The maximum atomic E-state index is 12.4. The standard InChI is InChI=1S/C20H21N3O3S2/c24-20(21-11-10-19-23-17-6-1-2-7-18(17)27-19)15-4-3-5-16(12-15)28(25,26)22-13-14-8-9-14/h1-7,12,14,22H,8-11,13H2,(H,21,24). The first-order valence-electron chi connectivity index (χ1n) is 9.24. The lowest BCUT2D eigenvalue weighted by molar-refractivity contribution is 0.0954. The Labute approximate surface area is 168 Å². The molecule has 4 rings (SSSR count). The first kappa shape index (κ1) is 19.0. The van der Waals surface area contributed by atoms with Crippen LogP contribution in [0.4, 0.5) is 0 Å². The van der Waals surface area contributed by atoms with Gasteiger partial charge in [-0.1, -0.05) is 18.2 Å². The van der Waals surface area contributed by atoms with Crippen molar-refractivity contribution in [1.29, 1.82) is 0 Å². The fourth-order valence-electron chi connectivity index (χ4n) is 2.85. The molecule has 146 valence electrons. The summed E-state index contributed by atoms with van der Waals surface area (Å²) in [5.74, 6) is 0.157. The number of sulfonamides is 1. The Morgan fingerprint density at radius 1 is 1.14 bits per heavy atom. The quantitative estimate of drug-likeness (QED) is 0.592. The molecule has 1 aliphatic rings. The Bertz CT molecular complexity index is 1070. The molecule has 1 heterocycles. The molecule has 1 saturated carbocycles. The number of amides is 1. The molecule has 0 aliphatic heterocycles. The van der Waals surface area contributed by atoms with Crippen LogP contribution in [0.25, 0.3) is 10.2 Å². The lowest BCUT2D eigenvalue weighted by Crippen LogP contribution is -2.28. The van der Waals surface area contributed by atoms with E-state index in [9.17, 15) is 13.2 Å². The number of nitrogens with zero attached hydrogens (tertiary/aromatic N) is 1. The Balaban J connectivity index is 1.36. The number of hydrogen-bond donors (Lipinski definition) is 2. The topological polar surface area (TPSA) is 88.2 Å². The highest BCUT2D eigenvalue weighted by molar-refractivity contribution is 7.89. The van der Waals surface area contributed by atoms with Crippen molar-refractivity contribution in [3.8, 4) is 0 Å². The van der Waals surface area contributed by atoms with Crippen molar-refractivity contribution in [3.63, 3.8) is 0 Å². The molecule has 8 heteroatoms. The number of rotatable bonds is 8. The van der Waals surface area contributed by atoms with Gasteiger partial charge in [0.25, 0.3) is 5.91 Å². The van der Waals surface area contributed by atoms with Crippen LogP contribution in [0.1, 0.15) is 28.2 Å². The van der Waals surface area contributed by atoms with Crippen LogP contribution in [-0.4, -0.2) is 32.4 Å². The van der Waals surface area contributed by atoms with Crippen molar-refractivity contribution >= 4 is 37.5 Å². The summed E-state index contributed by atoms with van der Waals surface area (Å²) in [6.45, 7) is 0.899. The number of aromatic nitrogens is 1. The molecule has 2 aromatic carbocycles. The van der Waals surface area contributed by atoms with E-state index in [1.807, 2.05) is 24.3 Å². The summed E-state index contributed by atoms with van der Waals surface area (Å²) < 4.78 is 28.5. The van der Waals surface area contributed by atoms with Gasteiger partial charge in [-0.2, -0.15) is 0 Å². The number of fused-ring (bicyclic) bond motifs is 1. The molecule has 0 spiro atoms. The zero-order chi connectivity index (χ0) is 19.6. The molecule has 0 unspecified atom stereocenters. The summed E-state index contributed by atoms with van der Waals surface area (Å²) >= 11 is 1.61. The Morgan fingerprint density at radius 2 is 1.96 bits per heavy atom. The van der Waals surface area contributed by atoms with Gasteiger partial charge in [0.2, 0.25) is 10.0 Å². The van der Waals surface area contributed by atoms with Gasteiger partial charge in [0.05, 0.1) is 20.1 Å². The van der Waals surface area contributed by atoms with Crippen LogP contribution < -0.4 is 10.0 Å². The summed E-state index contributed by atoms with van der Waals surface area (Å²) in [4.78, 5) is 17.1. The predicted octanol–water partition coefficient (Wildman–Crippen LogP) is 2.96. The summed E-state index contributed by atoms with van der Waals surface area (Å²) in [5, 5.41) is 3.80. The van der Waals surface area contributed by atoms with Crippen molar-refractivity contribution in [2.45, 2.75) is 24.2 Å². The van der Waals surface area contributed by atoms with E-state index in [0.717, 1.165) is 28.1 Å². The highest BCUT2D eigenvalue weighted by Crippen LogP contribution is 2.28. The number of carbonyl (C=O) groups is 1. The molecule has 1 aliphatic carbocycles. The lowest BCUT2D eigenvalue weighted by Gasteiger charge is -2.08. The molecule has 0 saturated heterocycles. The van der Waals surface area contributed by atoms with Crippen molar-refractivity contribution in [1.82, 2.24) is 15.0 Å². The Kier molecular flexibility index (Phi) is 5.43. The van der Waals surface area contributed by atoms with Crippen molar-refractivity contribution in [3.05, 3.63) is 59.1 Å². The van der Waals surface area contributed by atoms with Gasteiger partial charge in [-0.05, 0) is 49.1 Å². The first-order chi connectivity index (χ1) is 13.5.